The predicted molar refractivity (Wildman–Crippen MR) is 94.8 cm³/mol. The van der Waals surface area contributed by atoms with Crippen molar-refractivity contribution in [3.05, 3.63) is 14.7 Å². The van der Waals surface area contributed by atoms with E-state index in [1.54, 1.807) is 26.8 Å². The molecule has 0 bridgehead atoms. The summed E-state index contributed by atoms with van der Waals surface area (Å²) >= 11 is 4.32. The zero-order valence-corrected chi connectivity index (χ0v) is 16.2. The molecule has 0 saturated heterocycles. The first kappa shape index (κ1) is 21.4. The quantitative estimate of drug-likeness (QED) is 0.711. The summed E-state index contributed by atoms with van der Waals surface area (Å²) < 4.78 is 5.65. The van der Waals surface area contributed by atoms with Gasteiger partial charge in [-0.3, -0.25) is 9.59 Å². The van der Waals surface area contributed by atoms with Crippen LogP contribution < -0.4 is 16.4 Å². The minimum absolute atomic E-state index is 0.229. The first-order valence-corrected chi connectivity index (χ1v) is 8.55. The van der Waals surface area contributed by atoms with Crippen LogP contribution in [0.25, 0.3) is 0 Å². The largest absolute Gasteiger partial charge is 0.444 e. The highest BCUT2D eigenvalue weighted by atomic mass is 79.9. The minimum Gasteiger partial charge on any atom is -0.444 e. The molecule has 23 heavy (non-hydrogen) atoms. The van der Waals surface area contributed by atoms with E-state index >= 15 is 0 Å². The van der Waals surface area contributed by atoms with Gasteiger partial charge in [0.05, 0.1) is 9.47 Å². The zero-order valence-electron chi connectivity index (χ0n) is 13.8. The fourth-order valence-corrected chi connectivity index (χ4v) is 2.70. The minimum atomic E-state index is -0.695. The molecule has 1 heterocycles. The van der Waals surface area contributed by atoms with Crippen molar-refractivity contribution < 1.29 is 19.1 Å². The van der Waals surface area contributed by atoms with Gasteiger partial charge in [-0.15, -0.1) is 11.3 Å². The van der Waals surface area contributed by atoms with Crippen molar-refractivity contribution >= 4 is 50.9 Å². The molecule has 1 rings (SSSR count). The van der Waals surface area contributed by atoms with E-state index in [0.717, 1.165) is 11.3 Å². The summed E-state index contributed by atoms with van der Waals surface area (Å²) in [7, 11) is 0. The second-order valence-corrected chi connectivity index (χ2v) is 7.49. The van der Waals surface area contributed by atoms with Crippen molar-refractivity contribution in [2.45, 2.75) is 40.2 Å². The number of thiophene rings is 1. The molecule has 9 heteroatoms. The van der Waals surface area contributed by atoms with Crippen molar-refractivity contribution in [3.63, 3.8) is 0 Å². The maximum atomic E-state index is 11.7. The first-order valence-electron chi connectivity index (χ1n) is 6.94. The van der Waals surface area contributed by atoms with Crippen LogP contribution in [0.3, 0.4) is 0 Å². The zero-order chi connectivity index (χ0) is 18.2. The number of halogens is 1. The molecular formula is C14H22BrN3O4S. The Labute approximate surface area is 148 Å². The standard InChI is InChI=1S/C12H16BrN3O4S.C2H6/c1-12(2,3)20-11(19)15-5-8(17)16-6-4-7(13)21-9(6)10(14)18;1-2/h4H,5H2,1-3H3,(H2,14,18)(H,15,19)(H,16,17);1-2H3. The van der Waals surface area contributed by atoms with Gasteiger partial charge in [0.2, 0.25) is 5.91 Å². The van der Waals surface area contributed by atoms with E-state index < -0.39 is 23.5 Å². The second-order valence-electron chi connectivity index (χ2n) is 5.06. The van der Waals surface area contributed by atoms with E-state index in [4.69, 9.17) is 10.5 Å². The second kappa shape index (κ2) is 9.51. The van der Waals surface area contributed by atoms with Crippen molar-refractivity contribution in [2.24, 2.45) is 5.73 Å². The molecule has 0 saturated carbocycles. The molecule has 0 spiro atoms. The SMILES string of the molecule is CC.CC(C)(C)OC(=O)NCC(=O)Nc1cc(Br)sc1C(N)=O. The molecule has 0 aliphatic carbocycles. The molecule has 0 aliphatic rings. The number of anilines is 1. The van der Waals surface area contributed by atoms with E-state index in [2.05, 4.69) is 26.6 Å². The number of carbonyl (C=O) groups is 3. The number of nitrogens with two attached hydrogens (primary N) is 1. The topological polar surface area (TPSA) is 111 Å². The summed E-state index contributed by atoms with van der Waals surface area (Å²) in [6, 6.07) is 1.57. The van der Waals surface area contributed by atoms with Crippen LogP contribution in [0.4, 0.5) is 10.5 Å². The Balaban J connectivity index is 0.00000232. The van der Waals surface area contributed by atoms with Gasteiger partial charge in [-0.2, -0.15) is 0 Å². The lowest BCUT2D eigenvalue weighted by Crippen LogP contribution is -2.37. The number of rotatable bonds is 4. The number of ether oxygens (including phenoxy) is 1. The van der Waals surface area contributed by atoms with Crippen LogP contribution in [0.15, 0.2) is 9.85 Å². The third-order valence-corrected chi connectivity index (χ3v) is 3.64. The van der Waals surface area contributed by atoms with E-state index in [1.165, 1.54) is 0 Å². The maximum Gasteiger partial charge on any atom is 0.408 e. The molecule has 7 nitrogen and oxygen atoms in total. The van der Waals surface area contributed by atoms with Crippen molar-refractivity contribution in [1.29, 1.82) is 0 Å². The van der Waals surface area contributed by atoms with Gasteiger partial charge < -0.3 is 21.1 Å². The van der Waals surface area contributed by atoms with Gasteiger partial charge in [-0.25, -0.2) is 4.79 Å². The van der Waals surface area contributed by atoms with Gasteiger partial charge in [0, 0.05) is 0 Å². The van der Waals surface area contributed by atoms with Gasteiger partial charge in [0.25, 0.3) is 5.91 Å². The Hall–Kier alpha value is -1.61. The Morgan fingerprint density at radius 1 is 1.30 bits per heavy atom. The van der Waals surface area contributed by atoms with Gasteiger partial charge in [0.1, 0.15) is 17.0 Å². The number of nitrogens with one attached hydrogen (secondary N) is 2. The lowest BCUT2D eigenvalue weighted by Gasteiger charge is -2.19. The first-order chi connectivity index (χ1) is 10.6. The number of primary amides is 1. The highest BCUT2D eigenvalue weighted by molar-refractivity contribution is 9.11. The van der Waals surface area contributed by atoms with Gasteiger partial charge in [-0.05, 0) is 42.8 Å². The summed E-state index contributed by atoms with van der Waals surface area (Å²) in [4.78, 5) is 34.6. The Kier molecular flexibility index (Phi) is 8.85. The molecule has 3 amide bonds. The van der Waals surface area contributed by atoms with Gasteiger partial charge >= 0.3 is 6.09 Å². The molecule has 0 aromatic carbocycles. The number of carbonyl (C=O) groups excluding carboxylic acids is 3. The molecule has 0 radical (unpaired) electrons. The number of amides is 3. The molecule has 4 N–H and O–H groups in total. The molecule has 0 fully saturated rings. The molecule has 130 valence electrons. The molecule has 0 aliphatic heterocycles. The monoisotopic (exact) mass is 407 g/mol. The van der Waals surface area contributed by atoms with E-state index in [9.17, 15) is 14.4 Å². The van der Waals surface area contributed by atoms with E-state index in [0.29, 0.717) is 9.47 Å². The van der Waals surface area contributed by atoms with Gasteiger partial charge in [-0.1, -0.05) is 13.8 Å². The molecule has 0 atom stereocenters. The third kappa shape index (κ3) is 8.56. The smallest absolute Gasteiger partial charge is 0.408 e. The Morgan fingerprint density at radius 3 is 2.35 bits per heavy atom. The molecule has 0 unspecified atom stereocenters. The lowest BCUT2D eigenvalue weighted by molar-refractivity contribution is -0.115. The fraction of sp³-hybridized carbons (Fsp3) is 0.500. The third-order valence-electron chi connectivity index (χ3n) is 1.99. The predicted octanol–water partition coefficient (Wildman–Crippen LogP) is 3.10. The summed E-state index contributed by atoms with van der Waals surface area (Å²) in [5.74, 6) is -1.13. The van der Waals surface area contributed by atoms with Gasteiger partial charge in [0.15, 0.2) is 0 Å². The lowest BCUT2D eigenvalue weighted by atomic mass is 10.2. The highest BCUT2D eigenvalue weighted by Crippen LogP contribution is 2.30. The van der Waals surface area contributed by atoms with E-state index in [-0.39, 0.29) is 11.4 Å². The van der Waals surface area contributed by atoms with Crippen LogP contribution in [0.5, 0.6) is 0 Å². The normalized spacial score (nSPS) is 10.2. The maximum absolute atomic E-state index is 11.7. The van der Waals surface area contributed by atoms with Crippen LogP contribution in [-0.4, -0.2) is 30.1 Å². The average Bonchev–Trinajstić information content (AvgIpc) is 2.78. The summed E-state index contributed by atoms with van der Waals surface area (Å²) in [5.41, 5.74) is 4.87. The molecule has 1 aromatic rings. The number of alkyl carbamates (subject to hydrolysis) is 1. The van der Waals surface area contributed by atoms with Crippen molar-refractivity contribution in [2.75, 3.05) is 11.9 Å². The Morgan fingerprint density at radius 2 is 1.87 bits per heavy atom. The van der Waals surface area contributed by atoms with Crippen LogP contribution in [0, 0.1) is 0 Å². The number of hydrogen-bond donors (Lipinski definition) is 3. The van der Waals surface area contributed by atoms with Crippen LogP contribution in [0.1, 0.15) is 44.3 Å². The van der Waals surface area contributed by atoms with Crippen LogP contribution in [-0.2, 0) is 9.53 Å². The highest BCUT2D eigenvalue weighted by Gasteiger charge is 2.18. The average molecular weight is 408 g/mol. The van der Waals surface area contributed by atoms with Crippen LogP contribution >= 0.6 is 27.3 Å². The molecular weight excluding hydrogens is 386 g/mol. The fourth-order valence-electron chi connectivity index (χ4n) is 1.30. The number of hydrogen-bond acceptors (Lipinski definition) is 5. The van der Waals surface area contributed by atoms with E-state index in [1.807, 2.05) is 13.8 Å². The van der Waals surface area contributed by atoms with Crippen LogP contribution in [0.2, 0.25) is 0 Å². The molecule has 1 aromatic heterocycles. The van der Waals surface area contributed by atoms with Crippen molar-refractivity contribution in [3.8, 4) is 0 Å². The van der Waals surface area contributed by atoms with Crippen molar-refractivity contribution in [1.82, 2.24) is 5.32 Å². The summed E-state index contributed by atoms with van der Waals surface area (Å²) in [6.45, 7) is 8.87. The Bertz CT molecular complexity index is 567. The summed E-state index contributed by atoms with van der Waals surface area (Å²) in [6.07, 6.45) is -0.695. The summed E-state index contributed by atoms with van der Waals surface area (Å²) in [5, 5.41) is 4.82.